The van der Waals surface area contributed by atoms with Crippen LogP contribution in [0, 0.1) is 22.9 Å². The first-order valence-corrected chi connectivity index (χ1v) is 5.52. The number of anilines is 1. The molecule has 1 amide bonds. The number of amides is 1. The first kappa shape index (κ1) is 13.5. The molecule has 7 nitrogen and oxygen atoms in total. The lowest BCUT2D eigenvalue weighted by atomic mass is 10.1. The quantitative estimate of drug-likeness (QED) is 0.683. The van der Waals surface area contributed by atoms with Crippen molar-refractivity contribution in [2.24, 2.45) is 0 Å². The van der Waals surface area contributed by atoms with E-state index >= 15 is 0 Å². The maximum atomic E-state index is 13.9. The van der Waals surface area contributed by atoms with Gasteiger partial charge in [0.2, 0.25) is 0 Å². The van der Waals surface area contributed by atoms with Crippen molar-refractivity contribution in [3.63, 3.8) is 0 Å². The molecule has 0 aliphatic heterocycles. The fourth-order valence-corrected chi connectivity index (χ4v) is 1.57. The first-order valence-electron chi connectivity index (χ1n) is 5.52. The number of hydrogen-bond donors (Lipinski definition) is 1. The third kappa shape index (κ3) is 2.74. The SMILES string of the molecule is Cc1cc([N+](=O)[O-])cc(C(=O)Nc2cccnn2)c1F. The molecule has 2 aromatic rings. The van der Waals surface area contributed by atoms with Gasteiger partial charge in [-0.3, -0.25) is 14.9 Å². The van der Waals surface area contributed by atoms with Crippen molar-refractivity contribution in [3.8, 4) is 0 Å². The van der Waals surface area contributed by atoms with Gasteiger partial charge in [-0.25, -0.2) is 4.39 Å². The van der Waals surface area contributed by atoms with E-state index in [4.69, 9.17) is 0 Å². The highest BCUT2D eigenvalue weighted by molar-refractivity contribution is 6.04. The van der Waals surface area contributed by atoms with E-state index in [9.17, 15) is 19.3 Å². The smallest absolute Gasteiger partial charge is 0.270 e. The van der Waals surface area contributed by atoms with Crippen LogP contribution in [0.5, 0.6) is 0 Å². The molecular formula is C12H9FN4O3. The molecule has 0 saturated heterocycles. The fraction of sp³-hybridized carbons (Fsp3) is 0.0833. The number of hydrogen-bond acceptors (Lipinski definition) is 5. The number of halogens is 1. The Morgan fingerprint density at radius 1 is 1.45 bits per heavy atom. The molecule has 0 fully saturated rings. The number of carbonyl (C=O) groups excluding carboxylic acids is 1. The van der Waals surface area contributed by atoms with Gasteiger partial charge in [-0.1, -0.05) is 0 Å². The highest BCUT2D eigenvalue weighted by atomic mass is 19.1. The highest BCUT2D eigenvalue weighted by Crippen LogP contribution is 2.21. The molecule has 0 spiro atoms. The van der Waals surface area contributed by atoms with Crippen LogP contribution >= 0.6 is 0 Å². The monoisotopic (exact) mass is 276 g/mol. The van der Waals surface area contributed by atoms with Crippen LogP contribution in [0.25, 0.3) is 0 Å². The normalized spacial score (nSPS) is 10.1. The van der Waals surface area contributed by atoms with Gasteiger partial charge in [0.25, 0.3) is 11.6 Å². The summed E-state index contributed by atoms with van der Waals surface area (Å²) in [7, 11) is 0. The van der Waals surface area contributed by atoms with Crippen LogP contribution in [0.1, 0.15) is 15.9 Å². The Morgan fingerprint density at radius 2 is 2.20 bits per heavy atom. The number of nitrogens with zero attached hydrogens (tertiary/aromatic N) is 3. The molecule has 0 aliphatic rings. The minimum absolute atomic E-state index is 0.0171. The van der Waals surface area contributed by atoms with E-state index in [0.717, 1.165) is 12.1 Å². The number of aromatic nitrogens is 2. The minimum atomic E-state index is -0.824. The minimum Gasteiger partial charge on any atom is -0.305 e. The van der Waals surface area contributed by atoms with Gasteiger partial charge in [-0.2, -0.15) is 5.10 Å². The summed E-state index contributed by atoms with van der Waals surface area (Å²) < 4.78 is 13.9. The largest absolute Gasteiger partial charge is 0.305 e. The van der Waals surface area contributed by atoms with Gasteiger partial charge in [-0.05, 0) is 24.6 Å². The van der Waals surface area contributed by atoms with Crippen molar-refractivity contribution >= 4 is 17.4 Å². The highest BCUT2D eigenvalue weighted by Gasteiger charge is 2.20. The standard InChI is InChI=1S/C12H9FN4O3/c1-7-5-8(17(19)20)6-9(11(7)13)12(18)15-10-3-2-4-14-16-10/h2-6H,1H3,(H,15,16,18). The molecule has 0 aliphatic carbocycles. The van der Waals surface area contributed by atoms with Crippen LogP contribution in [0.3, 0.4) is 0 Å². The Kier molecular flexibility index (Phi) is 3.65. The average Bonchev–Trinajstić information content (AvgIpc) is 2.42. The van der Waals surface area contributed by atoms with Crippen molar-refractivity contribution in [1.29, 1.82) is 0 Å². The number of nitrogens with one attached hydrogen (secondary N) is 1. The lowest BCUT2D eigenvalue weighted by Crippen LogP contribution is -2.16. The predicted octanol–water partition coefficient (Wildman–Crippen LogP) is 2.08. The third-order valence-electron chi connectivity index (χ3n) is 2.51. The van der Waals surface area contributed by atoms with E-state index in [1.165, 1.54) is 25.3 Å². The van der Waals surface area contributed by atoms with Crippen LogP contribution in [-0.4, -0.2) is 21.0 Å². The van der Waals surface area contributed by atoms with Gasteiger partial charge < -0.3 is 5.32 Å². The summed E-state index contributed by atoms with van der Waals surface area (Å²) in [5.41, 5.74) is -0.751. The Bertz CT molecular complexity index is 676. The summed E-state index contributed by atoms with van der Waals surface area (Å²) >= 11 is 0. The van der Waals surface area contributed by atoms with E-state index in [2.05, 4.69) is 15.5 Å². The van der Waals surface area contributed by atoms with Gasteiger partial charge in [0.05, 0.1) is 10.5 Å². The van der Waals surface area contributed by atoms with E-state index in [1.807, 2.05) is 0 Å². The van der Waals surface area contributed by atoms with Crippen LogP contribution in [0.4, 0.5) is 15.9 Å². The number of benzene rings is 1. The topological polar surface area (TPSA) is 98.0 Å². The lowest BCUT2D eigenvalue weighted by molar-refractivity contribution is -0.385. The second-order valence-electron chi connectivity index (χ2n) is 3.94. The van der Waals surface area contributed by atoms with Crippen LogP contribution < -0.4 is 5.32 Å². The first-order chi connectivity index (χ1) is 9.49. The maximum absolute atomic E-state index is 13.9. The molecule has 0 saturated carbocycles. The zero-order valence-electron chi connectivity index (χ0n) is 10.3. The molecule has 0 radical (unpaired) electrons. The second kappa shape index (κ2) is 5.39. The predicted molar refractivity (Wildman–Crippen MR) is 67.8 cm³/mol. The average molecular weight is 276 g/mol. The number of non-ortho nitro benzene ring substituents is 1. The van der Waals surface area contributed by atoms with E-state index in [1.54, 1.807) is 0 Å². The summed E-state index contributed by atoms with van der Waals surface area (Å²) in [4.78, 5) is 22.0. The molecular weight excluding hydrogens is 267 g/mol. The van der Waals surface area contributed by atoms with Gasteiger partial charge >= 0.3 is 0 Å². The maximum Gasteiger partial charge on any atom is 0.270 e. The van der Waals surface area contributed by atoms with Crippen molar-refractivity contribution in [2.75, 3.05) is 5.32 Å². The molecule has 1 heterocycles. The van der Waals surface area contributed by atoms with Crippen molar-refractivity contribution < 1.29 is 14.1 Å². The second-order valence-corrected chi connectivity index (χ2v) is 3.94. The van der Waals surface area contributed by atoms with Crippen LogP contribution in [0.2, 0.25) is 0 Å². The third-order valence-corrected chi connectivity index (χ3v) is 2.51. The van der Waals surface area contributed by atoms with Crippen molar-refractivity contribution in [1.82, 2.24) is 10.2 Å². The summed E-state index contributed by atoms with van der Waals surface area (Å²) in [5.74, 6) is -1.51. The molecule has 0 unspecified atom stereocenters. The molecule has 102 valence electrons. The number of rotatable bonds is 3. The molecule has 1 N–H and O–H groups in total. The number of nitro groups is 1. The molecule has 1 aromatic carbocycles. The Balaban J connectivity index is 2.36. The number of carbonyl (C=O) groups is 1. The summed E-state index contributed by atoms with van der Waals surface area (Å²) in [6, 6.07) is 4.95. The Morgan fingerprint density at radius 3 is 2.80 bits per heavy atom. The number of nitro benzene ring substituents is 1. The summed E-state index contributed by atoms with van der Waals surface area (Å²) in [5, 5.41) is 20.2. The number of aryl methyl sites for hydroxylation is 1. The van der Waals surface area contributed by atoms with Crippen molar-refractivity contribution in [2.45, 2.75) is 6.92 Å². The van der Waals surface area contributed by atoms with E-state index in [0.29, 0.717) is 0 Å². The fourth-order valence-electron chi connectivity index (χ4n) is 1.57. The van der Waals surface area contributed by atoms with Crippen LogP contribution in [-0.2, 0) is 0 Å². The Hall–Kier alpha value is -2.90. The Labute approximate surface area is 112 Å². The molecule has 20 heavy (non-hydrogen) atoms. The van der Waals surface area contributed by atoms with Crippen LogP contribution in [0.15, 0.2) is 30.5 Å². The van der Waals surface area contributed by atoms with Gasteiger partial charge in [0.1, 0.15) is 5.82 Å². The summed E-state index contributed by atoms with van der Waals surface area (Å²) in [6.07, 6.45) is 1.41. The molecule has 8 heteroatoms. The molecule has 0 bridgehead atoms. The molecule has 1 aromatic heterocycles. The van der Waals surface area contributed by atoms with Crippen molar-refractivity contribution in [3.05, 3.63) is 57.5 Å². The van der Waals surface area contributed by atoms with Gasteiger partial charge in [0, 0.05) is 18.3 Å². The van der Waals surface area contributed by atoms with Gasteiger partial charge in [-0.15, -0.1) is 5.10 Å². The zero-order valence-corrected chi connectivity index (χ0v) is 10.3. The zero-order chi connectivity index (χ0) is 14.7. The lowest BCUT2D eigenvalue weighted by Gasteiger charge is -2.06. The van der Waals surface area contributed by atoms with E-state index in [-0.39, 0.29) is 17.1 Å². The molecule has 2 rings (SSSR count). The summed E-state index contributed by atoms with van der Waals surface area (Å²) in [6.45, 7) is 1.35. The van der Waals surface area contributed by atoms with E-state index < -0.39 is 22.2 Å². The van der Waals surface area contributed by atoms with Gasteiger partial charge in [0.15, 0.2) is 5.82 Å². The molecule has 0 atom stereocenters.